The summed E-state index contributed by atoms with van der Waals surface area (Å²) in [5, 5.41) is 25.2. The van der Waals surface area contributed by atoms with Gasteiger partial charge in [0.15, 0.2) is 0 Å². The van der Waals surface area contributed by atoms with Gasteiger partial charge >= 0.3 is 51.2 Å². The largest absolute Gasteiger partial charge is 1.00 e. The topological polar surface area (TPSA) is 69.2 Å². The van der Waals surface area contributed by atoms with Gasteiger partial charge in [-0.25, -0.2) is 0 Å². The van der Waals surface area contributed by atoms with Crippen LogP contribution in [0.3, 0.4) is 0 Å². The van der Waals surface area contributed by atoms with Crippen LogP contribution in [0.1, 0.15) is 0 Å². The average Bonchev–Trinajstić information content (AvgIpc) is 0.811. The van der Waals surface area contributed by atoms with E-state index in [4.69, 9.17) is 15.1 Å². The number of rotatable bonds is 0. The molecule has 54 valence electrons. The molecule has 0 aromatic rings. The van der Waals surface area contributed by atoms with E-state index in [9.17, 15) is 0 Å². The third-order valence-corrected chi connectivity index (χ3v) is 0. The second-order valence-corrected chi connectivity index (χ2v) is 0.289. The Morgan fingerprint density at radius 2 is 0.714 bits per heavy atom. The first-order valence-corrected chi connectivity index (χ1v) is 0.707. The van der Waals surface area contributed by atoms with Gasteiger partial charge in [-0.2, -0.15) is 0 Å². The van der Waals surface area contributed by atoms with Crippen LogP contribution in [0.4, 0.5) is 0 Å². The van der Waals surface area contributed by atoms with E-state index in [1.807, 2.05) is 0 Å². The summed E-state index contributed by atoms with van der Waals surface area (Å²) in [4.78, 5) is 0. The molecule has 0 unspecified atom stereocenters. The smallest absolute Gasteiger partial charge is 0.907 e. The molecule has 0 saturated heterocycles. The summed E-state index contributed by atoms with van der Waals surface area (Å²) in [5.41, 5.74) is 0. The van der Waals surface area contributed by atoms with Crippen molar-refractivity contribution in [3.8, 4) is 0 Å². The van der Waals surface area contributed by atoms with E-state index in [-0.39, 0.29) is 51.2 Å². The van der Waals surface area contributed by atoms with Crippen LogP contribution in [0.15, 0.2) is 0 Å². The van der Waals surface area contributed by atoms with Gasteiger partial charge in [0.25, 0.3) is 0 Å². The summed E-state index contributed by atoms with van der Waals surface area (Å²) in [6, 6.07) is 0. The first kappa shape index (κ1) is 23.6. The Morgan fingerprint density at radius 1 is 0.714 bits per heavy atom. The van der Waals surface area contributed by atoms with Crippen molar-refractivity contribution in [1.29, 1.82) is 0 Å². The van der Waals surface area contributed by atoms with Gasteiger partial charge in [0.1, 0.15) is 0 Å². The zero-order valence-electron chi connectivity index (χ0n) is 2.71. The summed E-state index contributed by atoms with van der Waals surface area (Å²) in [6.07, 6.45) is 0. The molecule has 0 aromatic heterocycles. The van der Waals surface area contributed by atoms with Crippen molar-refractivity contribution in [3.05, 3.63) is 0 Å². The Balaban J connectivity index is -0.0000000150. The molecule has 0 aliphatic carbocycles. The van der Waals surface area contributed by atoms with E-state index in [1.54, 1.807) is 0 Å². The molecule has 0 saturated carbocycles. The van der Waals surface area contributed by atoms with Crippen LogP contribution in [0.2, 0.25) is 0 Å². The molecular weight excluding hydrogens is 249 g/mol. The third-order valence-electron chi connectivity index (χ3n) is 0. The van der Waals surface area contributed by atoms with E-state index in [2.05, 4.69) is 0 Å². The van der Waals surface area contributed by atoms with Crippen molar-refractivity contribution < 1.29 is 66.3 Å². The summed E-state index contributed by atoms with van der Waals surface area (Å²) < 4.78 is 0. The van der Waals surface area contributed by atoms with E-state index >= 15 is 0 Å². The van der Waals surface area contributed by atoms with Gasteiger partial charge in [0.2, 0.25) is 0 Å². The Hall–Kier alpha value is 1.50. The monoisotopic (exact) mass is 248 g/mol. The second kappa shape index (κ2) is 15.6. The van der Waals surface area contributed by atoms with E-state index in [1.165, 1.54) is 0 Å². The van der Waals surface area contributed by atoms with Crippen LogP contribution >= 0.6 is 0 Å². The van der Waals surface area contributed by atoms with E-state index < -0.39 is 7.32 Å². The van der Waals surface area contributed by atoms with Crippen LogP contribution in [-0.2, 0) is 51.2 Å². The van der Waals surface area contributed by atoms with E-state index in [0.717, 1.165) is 0 Å². The van der Waals surface area contributed by atoms with Crippen LogP contribution in [-0.4, -0.2) is 7.32 Å². The molecule has 0 amide bonds. The molecule has 0 bridgehead atoms. The fourth-order valence-corrected chi connectivity index (χ4v) is 0. The standard InChI is InChI=1S/BO3.3Cu/c2-1(3)4;;;/q-3;3*+1. The minimum atomic E-state index is -2.92. The first-order valence-electron chi connectivity index (χ1n) is 0.707. The molecule has 3 nitrogen and oxygen atoms in total. The number of hydrogen-bond acceptors (Lipinski definition) is 3. The third kappa shape index (κ3) is 101. The maximum absolute atomic E-state index is 8.42. The Morgan fingerprint density at radius 3 is 0.714 bits per heavy atom. The van der Waals surface area contributed by atoms with E-state index in [0.29, 0.717) is 0 Å². The molecule has 7 heavy (non-hydrogen) atoms. The summed E-state index contributed by atoms with van der Waals surface area (Å²) in [6.45, 7) is 0. The van der Waals surface area contributed by atoms with Crippen LogP contribution in [0.5, 0.6) is 0 Å². The van der Waals surface area contributed by atoms with Crippen LogP contribution < -0.4 is 15.1 Å². The summed E-state index contributed by atoms with van der Waals surface area (Å²) >= 11 is 0. The zero-order chi connectivity index (χ0) is 3.58. The minimum Gasteiger partial charge on any atom is -0.907 e. The first-order chi connectivity index (χ1) is 1.73. The quantitative estimate of drug-likeness (QED) is 0.412. The molecule has 0 aliphatic rings. The predicted molar refractivity (Wildman–Crippen MR) is 5.75 cm³/mol. The molecule has 0 atom stereocenters. The molecule has 7 heteroatoms. The normalized spacial score (nSPS) is 3.86. The Labute approximate surface area is 73.5 Å². The summed E-state index contributed by atoms with van der Waals surface area (Å²) in [5.74, 6) is 0. The van der Waals surface area contributed by atoms with Gasteiger partial charge in [-0.1, -0.05) is 0 Å². The summed E-state index contributed by atoms with van der Waals surface area (Å²) in [7, 11) is -2.92. The van der Waals surface area contributed by atoms with Crippen LogP contribution in [0, 0.1) is 0 Å². The van der Waals surface area contributed by atoms with Gasteiger partial charge in [0, 0.05) is 0 Å². The van der Waals surface area contributed by atoms with Gasteiger partial charge < -0.3 is 15.1 Å². The SMILES string of the molecule is [Cu+].[Cu+].[Cu+].[O-]B([O-])[O-]. The molecule has 0 fully saturated rings. The van der Waals surface area contributed by atoms with Gasteiger partial charge in [-0.05, 0) is 0 Å². The minimum absolute atomic E-state index is 0. The van der Waals surface area contributed by atoms with Crippen molar-refractivity contribution in [2.75, 3.05) is 0 Å². The van der Waals surface area contributed by atoms with Gasteiger partial charge in [-0.15, -0.1) is 0 Å². The molecule has 0 aliphatic heterocycles. The zero-order valence-corrected chi connectivity index (χ0v) is 5.53. The molecule has 0 heterocycles. The molecule has 0 spiro atoms. The Kier molecular flexibility index (Phi) is 52.8. The van der Waals surface area contributed by atoms with Crippen LogP contribution in [0.25, 0.3) is 0 Å². The molecule has 0 radical (unpaired) electrons. The van der Waals surface area contributed by atoms with Crippen molar-refractivity contribution in [2.45, 2.75) is 0 Å². The second-order valence-electron chi connectivity index (χ2n) is 0.289. The average molecular weight is 249 g/mol. The van der Waals surface area contributed by atoms with Crippen molar-refractivity contribution in [1.82, 2.24) is 0 Å². The van der Waals surface area contributed by atoms with Crippen molar-refractivity contribution in [3.63, 3.8) is 0 Å². The molecular formula is BCu3O3. The molecule has 0 aromatic carbocycles. The number of hydrogen-bond donors (Lipinski definition) is 0. The van der Waals surface area contributed by atoms with Gasteiger partial charge in [-0.3, -0.25) is 7.32 Å². The maximum Gasteiger partial charge on any atom is 1.00 e. The van der Waals surface area contributed by atoms with Crippen molar-refractivity contribution >= 4 is 7.32 Å². The fourth-order valence-electron chi connectivity index (χ4n) is 0. The molecule has 0 N–H and O–H groups in total. The fraction of sp³-hybridized carbons (Fsp3) is 0. The molecule has 0 rings (SSSR count). The maximum atomic E-state index is 8.42. The van der Waals surface area contributed by atoms with Gasteiger partial charge in [0.05, 0.1) is 0 Å². The van der Waals surface area contributed by atoms with Crippen molar-refractivity contribution in [2.24, 2.45) is 0 Å². The Bertz CT molecular complexity index is 14.9. The predicted octanol–water partition coefficient (Wildman–Crippen LogP) is -3.96.